The van der Waals surface area contributed by atoms with Gasteiger partial charge >= 0.3 is 0 Å². The molecule has 3 aliphatic rings. The van der Waals surface area contributed by atoms with Gasteiger partial charge in [0.15, 0.2) is 5.96 Å². The third-order valence-electron chi connectivity index (χ3n) is 4.74. The Labute approximate surface area is 120 Å². The molecule has 0 unspecified atom stereocenters. The third kappa shape index (κ3) is 1.84. The van der Waals surface area contributed by atoms with Crippen LogP contribution in [0, 0.1) is 0 Å². The second-order valence-corrected chi connectivity index (χ2v) is 6.11. The first-order chi connectivity index (χ1) is 9.83. The fourth-order valence-electron chi connectivity index (χ4n) is 3.82. The van der Waals surface area contributed by atoms with Crippen molar-refractivity contribution in [2.24, 2.45) is 4.99 Å². The highest BCUT2D eigenvalue weighted by Gasteiger charge is 2.42. The Hall–Kier alpha value is -1.77. The average molecular weight is 267 g/mol. The Kier molecular flexibility index (Phi) is 2.79. The van der Waals surface area contributed by atoms with Crippen LogP contribution in [0.5, 0.6) is 0 Å². The molecule has 104 valence electrons. The maximum atomic E-state index is 4.95. The van der Waals surface area contributed by atoms with Crippen LogP contribution >= 0.6 is 0 Å². The largest absolute Gasteiger partial charge is 0.330 e. The molecule has 0 saturated heterocycles. The van der Waals surface area contributed by atoms with Gasteiger partial charge in [-0.2, -0.15) is 0 Å². The van der Waals surface area contributed by atoms with Crippen LogP contribution in [0.15, 0.2) is 47.1 Å². The Balaban J connectivity index is 1.74. The predicted molar refractivity (Wildman–Crippen MR) is 81.4 cm³/mol. The SMILES string of the molecule is CC1=C[C@@H](c2ccccc2)N2C(=N[C@H]3CCCC[C@@H]32)N1. The molecule has 1 aliphatic carbocycles. The maximum Gasteiger partial charge on any atom is 0.199 e. The molecule has 1 aromatic rings. The summed E-state index contributed by atoms with van der Waals surface area (Å²) in [6.07, 6.45) is 7.52. The Bertz CT molecular complexity index is 561. The lowest BCUT2D eigenvalue weighted by molar-refractivity contribution is 0.211. The molecule has 0 aromatic heterocycles. The van der Waals surface area contributed by atoms with Gasteiger partial charge in [-0.25, -0.2) is 4.99 Å². The summed E-state index contributed by atoms with van der Waals surface area (Å²) in [5, 5.41) is 3.47. The molecule has 3 heteroatoms. The van der Waals surface area contributed by atoms with E-state index in [2.05, 4.69) is 53.5 Å². The van der Waals surface area contributed by atoms with Gasteiger partial charge in [0.1, 0.15) is 0 Å². The van der Waals surface area contributed by atoms with E-state index < -0.39 is 0 Å². The number of allylic oxidation sites excluding steroid dienone is 1. The predicted octanol–water partition coefficient (Wildman–Crippen LogP) is 3.22. The minimum absolute atomic E-state index is 0.337. The van der Waals surface area contributed by atoms with Crippen LogP contribution in [0.4, 0.5) is 0 Å². The summed E-state index contributed by atoms with van der Waals surface area (Å²) in [5.41, 5.74) is 2.58. The molecule has 4 rings (SSSR count). The molecule has 2 aliphatic heterocycles. The van der Waals surface area contributed by atoms with Crippen molar-refractivity contribution in [3.8, 4) is 0 Å². The minimum Gasteiger partial charge on any atom is -0.330 e. The van der Waals surface area contributed by atoms with Crippen LogP contribution in [0.2, 0.25) is 0 Å². The molecule has 0 bridgehead atoms. The van der Waals surface area contributed by atoms with Crippen molar-refractivity contribution in [3.05, 3.63) is 47.7 Å². The summed E-state index contributed by atoms with van der Waals surface area (Å²) >= 11 is 0. The molecule has 1 aromatic carbocycles. The van der Waals surface area contributed by atoms with E-state index >= 15 is 0 Å². The zero-order chi connectivity index (χ0) is 13.5. The van der Waals surface area contributed by atoms with Crippen molar-refractivity contribution in [2.75, 3.05) is 0 Å². The third-order valence-corrected chi connectivity index (χ3v) is 4.74. The second kappa shape index (κ2) is 4.65. The Morgan fingerprint density at radius 1 is 1.15 bits per heavy atom. The van der Waals surface area contributed by atoms with Crippen molar-refractivity contribution in [1.82, 2.24) is 10.2 Å². The summed E-state index contributed by atoms with van der Waals surface area (Å²) in [6.45, 7) is 2.14. The van der Waals surface area contributed by atoms with Gasteiger partial charge in [-0.05, 0) is 31.4 Å². The van der Waals surface area contributed by atoms with Gasteiger partial charge in [-0.3, -0.25) is 0 Å². The van der Waals surface area contributed by atoms with Gasteiger partial charge in [0.25, 0.3) is 0 Å². The molecular formula is C17H21N3. The second-order valence-electron chi connectivity index (χ2n) is 6.11. The molecule has 0 radical (unpaired) electrons. The van der Waals surface area contributed by atoms with Crippen LogP contribution in [-0.2, 0) is 0 Å². The molecule has 20 heavy (non-hydrogen) atoms. The lowest BCUT2D eigenvalue weighted by Gasteiger charge is -2.40. The van der Waals surface area contributed by atoms with Crippen LogP contribution in [0.1, 0.15) is 44.2 Å². The summed E-state index contributed by atoms with van der Waals surface area (Å²) in [6, 6.07) is 12.2. The fourth-order valence-corrected chi connectivity index (χ4v) is 3.82. The van der Waals surface area contributed by atoms with Gasteiger partial charge in [0, 0.05) is 5.70 Å². The van der Waals surface area contributed by atoms with Crippen molar-refractivity contribution in [3.63, 3.8) is 0 Å². The number of rotatable bonds is 1. The fraction of sp³-hybridized carbons (Fsp3) is 0.471. The number of nitrogens with zero attached hydrogens (tertiary/aromatic N) is 2. The van der Waals surface area contributed by atoms with Crippen molar-refractivity contribution >= 4 is 5.96 Å². The minimum atomic E-state index is 0.337. The quantitative estimate of drug-likeness (QED) is 0.846. The van der Waals surface area contributed by atoms with Crippen LogP contribution < -0.4 is 5.32 Å². The zero-order valence-electron chi connectivity index (χ0n) is 11.9. The molecule has 0 amide bonds. The van der Waals surface area contributed by atoms with Crippen LogP contribution in [0.3, 0.4) is 0 Å². The smallest absolute Gasteiger partial charge is 0.199 e. The van der Waals surface area contributed by atoms with Crippen molar-refractivity contribution in [1.29, 1.82) is 0 Å². The maximum absolute atomic E-state index is 4.95. The van der Waals surface area contributed by atoms with Crippen LogP contribution in [-0.4, -0.2) is 22.9 Å². The van der Waals surface area contributed by atoms with E-state index in [4.69, 9.17) is 4.99 Å². The lowest BCUT2D eigenvalue weighted by atomic mass is 9.89. The number of nitrogens with one attached hydrogen (secondary N) is 1. The number of aliphatic imine (C=N–C) groups is 1. The summed E-state index contributed by atoms with van der Waals surface area (Å²) < 4.78 is 0. The highest BCUT2D eigenvalue weighted by atomic mass is 15.4. The van der Waals surface area contributed by atoms with E-state index in [0.29, 0.717) is 18.1 Å². The normalized spacial score (nSPS) is 31.9. The van der Waals surface area contributed by atoms with Crippen LogP contribution in [0.25, 0.3) is 0 Å². The lowest BCUT2D eigenvalue weighted by Crippen LogP contribution is -2.49. The molecule has 1 saturated carbocycles. The van der Waals surface area contributed by atoms with E-state index in [-0.39, 0.29) is 0 Å². The van der Waals surface area contributed by atoms with Gasteiger partial charge in [0.2, 0.25) is 0 Å². The van der Waals surface area contributed by atoms with Crippen molar-refractivity contribution in [2.45, 2.75) is 50.7 Å². The highest BCUT2D eigenvalue weighted by Crippen LogP contribution is 2.38. The highest BCUT2D eigenvalue weighted by molar-refractivity contribution is 5.86. The average Bonchev–Trinajstić information content (AvgIpc) is 2.85. The van der Waals surface area contributed by atoms with Gasteiger partial charge in [-0.15, -0.1) is 0 Å². The molecule has 3 nitrogen and oxygen atoms in total. The Morgan fingerprint density at radius 2 is 1.95 bits per heavy atom. The standard InChI is InChI=1S/C17H21N3/c1-12-11-16(13-7-3-2-4-8-13)20-15-10-6-5-9-14(15)19-17(20)18-12/h2-4,7-8,11,14-16H,5-6,9-10H2,1H3,(H,18,19)/t14-,15-,16-/m0/s1. The van der Waals surface area contributed by atoms with Gasteiger partial charge in [0.05, 0.1) is 18.1 Å². The molecule has 1 fully saturated rings. The van der Waals surface area contributed by atoms with E-state index in [0.717, 1.165) is 5.96 Å². The zero-order valence-corrected chi connectivity index (χ0v) is 11.9. The monoisotopic (exact) mass is 267 g/mol. The first-order valence-electron chi connectivity index (χ1n) is 7.69. The summed E-state index contributed by atoms with van der Waals surface area (Å²) in [4.78, 5) is 7.47. The molecule has 1 N–H and O–H groups in total. The van der Waals surface area contributed by atoms with E-state index in [9.17, 15) is 0 Å². The Morgan fingerprint density at radius 3 is 2.80 bits per heavy atom. The first kappa shape index (κ1) is 12.0. The molecule has 0 spiro atoms. The topological polar surface area (TPSA) is 27.6 Å². The molecule has 3 atom stereocenters. The number of fused-ring (bicyclic) bond motifs is 3. The van der Waals surface area contributed by atoms with Gasteiger partial charge < -0.3 is 10.2 Å². The van der Waals surface area contributed by atoms with Gasteiger partial charge in [-0.1, -0.05) is 43.2 Å². The summed E-state index contributed by atoms with van der Waals surface area (Å²) in [7, 11) is 0. The number of guanidine groups is 1. The first-order valence-corrected chi connectivity index (χ1v) is 7.69. The number of hydrogen-bond acceptors (Lipinski definition) is 3. The summed E-state index contributed by atoms with van der Waals surface area (Å²) in [5.74, 6) is 1.09. The van der Waals surface area contributed by atoms with E-state index in [1.807, 2.05) is 0 Å². The van der Waals surface area contributed by atoms with Crippen molar-refractivity contribution < 1.29 is 0 Å². The molecule has 2 heterocycles. The van der Waals surface area contributed by atoms with E-state index in [1.165, 1.54) is 36.9 Å². The molecular weight excluding hydrogens is 246 g/mol. The number of hydrogen-bond donors (Lipinski definition) is 1. The van der Waals surface area contributed by atoms with E-state index in [1.54, 1.807) is 0 Å². The number of benzene rings is 1.